The lowest BCUT2D eigenvalue weighted by Gasteiger charge is -2.25. The van der Waals surface area contributed by atoms with Crippen molar-refractivity contribution in [1.29, 1.82) is 0 Å². The van der Waals surface area contributed by atoms with Crippen LogP contribution in [-0.2, 0) is 9.59 Å². The number of carbonyl (C=O) groups is 2. The summed E-state index contributed by atoms with van der Waals surface area (Å²) in [6.45, 7) is 6.15. The van der Waals surface area contributed by atoms with E-state index in [1.54, 1.807) is 7.05 Å². The van der Waals surface area contributed by atoms with Gasteiger partial charge in [0, 0.05) is 26.1 Å². The highest BCUT2D eigenvalue weighted by Gasteiger charge is 2.26. The third-order valence-electron chi connectivity index (χ3n) is 2.53. The van der Waals surface area contributed by atoms with Crippen LogP contribution in [0.5, 0.6) is 0 Å². The molecule has 0 aliphatic heterocycles. The summed E-state index contributed by atoms with van der Waals surface area (Å²) in [5.41, 5.74) is -0.480. The Morgan fingerprint density at radius 2 is 1.94 bits per heavy atom. The number of nitrogens with one attached hydrogen (secondary N) is 2. The summed E-state index contributed by atoms with van der Waals surface area (Å²) in [5, 5.41) is 14.3. The standard InChI is InChI=1S/C11H22N2O3/c1-8(5-6-9(14)15)13-7-11(2,3)10(16)12-4/h8,13H,5-7H2,1-4H3,(H,12,16)(H,14,15). The first-order valence-electron chi connectivity index (χ1n) is 5.47. The molecule has 1 atom stereocenters. The van der Waals surface area contributed by atoms with Gasteiger partial charge in [0.25, 0.3) is 0 Å². The number of carbonyl (C=O) groups excluding carboxylic acids is 1. The Morgan fingerprint density at radius 3 is 2.38 bits per heavy atom. The smallest absolute Gasteiger partial charge is 0.303 e. The molecule has 1 unspecified atom stereocenters. The molecule has 0 aliphatic carbocycles. The van der Waals surface area contributed by atoms with Crippen LogP contribution in [-0.4, -0.2) is 36.6 Å². The van der Waals surface area contributed by atoms with Crippen molar-refractivity contribution >= 4 is 11.9 Å². The van der Waals surface area contributed by atoms with Gasteiger partial charge < -0.3 is 15.7 Å². The average molecular weight is 230 g/mol. The zero-order valence-electron chi connectivity index (χ0n) is 10.5. The molecular weight excluding hydrogens is 208 g/mol. The van der Waals surface area contributed by atoms with E-state index in [2.05, 4.69) is 10.6 Å². The van der Waals surface area contributed by atoms with Gasteiger partial charge in [-0.15, -0.1) is 0 Å². The summed E-state index contributed by atoms with van der Waals surface area (Å²) >= 11 is 0. The second kappa shape index (κ2) is 6.48. The molecule has 0 rings (SSSR count). The van der Waals surface area contributed by atoms with Crippen molar-refractivity contribution in [3.63, 3.8) is 0 Å². The van der Waals surface area contributed by atoms with E-state index in [1.165, 1.54) is 0 Å². The summed E-state index contributed by atoms with van der Waals surface area (Å²) in [5.74, 6) is -0.815. The van der Waals surface area contributed by atoms with Crippen molar-refractivity contribution in [2.45, 2.75) is 39.7 Å². The number of hydrogen-bond acceptors (Lipinski definition) is 3. The summed E-state index contributed by atoms with van der Waals surface area (Å²) in [6.07, 6.45) is 0.716. The number of hydrogen-bond donors (Lipinski definition) is 3. The maximum Gasteiger partial charge on any atom is 0.303 e. The van der Waals surface area contributed by atoms with Gasteiger partial charge in [-0.2, -0.15) is 0 Å². The van der Waals surface area contributed by atoms with Gasteiger partial charge in [0.1, 0.15) is 0 Å². The molecule has 94 valence electrons. The predicted octanol–water partition coefficient (Wildman–Crippen LogP) is 0.601. The van der Waals surface area contributed by atoms with Crippen molar-refractivity contribution in [2.75, 3.05) is 13.6 Å². The second-order valence-corrected chi connectivity index (χ2v) is 4.68. The monoisotopic (exact) mass is 230 g/mol. The Kier molecular flexibility index (Phi) is 6.03. The van der Waals surface area contributed by atoms with Crippen molar-refractivity contribution in [3.8, 4) is 0 Å². The molecule has 0 heterocycles. The fourth-order valence-corrected chi connectivity index (χ4v) is 1.29. The van der Waals surface area contributed by atoms with E-state index in [1.807, 2.05) is 20.8 Å². The Hall–Kier alpha value is -1.10. The van der Waals surface area contributed by atoms with Gasteiger partial charge in [0.15, 0.2) is 0 Å². The Balaban J connectivity index is 3.94. The fourth-order valence-electron chi connectivity index (χ4n) is 1.29. The Labute approximate surface area is 96.6 Å². The van der Waals surface area contributed by atoms with Gasteiger partial charge in [-0.05, 0) is 27.2 Å². The lowest BCUT2D eigenvalue weighted by atomic mass is 9.92. The molecule has 1 amide bonds. The number of carboxylic acid groups (broad SMARTS) is 1. The molecular formula is C11H22N2O3. The summed E-state index contributed by atoms with van der Waals surface area (Å²) in [7, 11) is 1.61. The van der Waals surface area contributed by atoms with Crippen molar-refractivity contribution < 1.29 is 14.7 Å². The molecule has 0 radical (unpaired) electrons. The van der Waals surface area contributed by atoms with E-state index in [0.717, 1.165) is 0 Å². The Morgan fingerprint density at radius 1 is 1.38 bits per heavy atom. The SMILES string of the molecule is CNC(=O)C(C)(C)CNC(C)CCC(=O)O. The lowest BCUT2D eigenvalue weighted by Crippen LogP contribution is -2.44. The minimum atomic E-state index is -0.792. The average Bonchev–Trinajstić information content (AvgIpc) is 2.22. The van der Waals surface area contributed by atoms with E-state index in [0.29, 0.717) is 13.0 Å². The van der Waals surface area contributed by atoms with E-state index in [9.17, 15) is 9.59 Å². The molecule has 0 aromatic rings. The molecule has 0 saturated carbocycles. The second-order valence-electron chi connectivity index (χ2n) is 4.68. The van der Waals surface area contributed by atoms with E-state index >= 15 is 0 Å². The number of aliphatic carboxylic acids is 1. The van der Waals surface area contributed by atoms with Gasteiger partial charge in [0.05, 0.1) is 5.41 Å². The predicted molar refractivity (Wildman–Crippen MR) is 62.2 cm³/mol. The first-order valence-corrected chi connectivity index (χ1v) is 5.47. The molecule has 3 N–H and O–H groups in total. The minimum Gasteiger partial charge on any atom is -0.481 e. The number of rotatable bonds is 7. The van der Waals surface area contributed by atoms with Crippen LogP contribution in [0, 0.1) is 5.41 Å². The largest absolute Gasteiger partial charge is 0.481 e. The van der Waals surface area contributed by atoms with Crippen LogP contribution in [0.1, 0.15) is 33.6 Å². The Bertz CT molecular complexity index is 252. The van der Waals surface area contributed by atoms with Crippen LogP contribution >= 0.6 is 0 Å². The zero-order chi connectivity index (χ0) is 12.8. The van der Waals surface area contributed by atoms with Crippen LogP contribution < -0.4 is 10.6 Å². The highest BCUT2D eigenvalue weighted by Crippen LogP contribution is 2.13. The summed E-state index contributed by atoms with van der Waals surface area (Å²) in [6, 6.07) is 0.0973. The maximum absolute atomic E-state index is 11.5. The van der Waals surface area contributed by atoms with Gasteiger partial charge in [-0.25, -0.2) is 0 Å². The first kappa shape index (κ1) is 14.9. The molecule has 0 spiro atoms. The summed E-state index contributed by atoms with van der Waals surface area (Å²) in [4.78, 5) is 21.8. The molecule has 5 heteroatoms. The van der Waals surface area contributed by atoms with E-state index < -0.39 is 11.4 Å². The lowest BCUT2D eigenvalue weighted by molar-refractivity contribution is -0.137. The molecule has 0 saturated heterocycles. The zero-order valence-corrected chi connectivity index (χ0v) is 10.5. The van der Waals surface area contributed by atoms with Crippen LogP contribution in [0.2, 0.25) is 0 Å². The molecule has 0 bridgehead atoms. The topological polar surface area (TPSA) is 78.4 Å². The van der Waals surface area contributed by atoms with Crippen molar-refractivity contribution in [3.05, 3.63) is 0 Å². The van der Waals surface area contributed by atoms with Gasteiger partial charge >= 0.3 is 5.97 Å². The highest BCUT2D eigenvalue weighted by atomic mass is 16.4. The van der Waals surface area contributed by atoms with Gasteiger partial charge in [0.2, 0.25) is 5.91 Å². The molecule has 16 heavy (non-hydrogen) atoms. The molecule has 0 aliphatic rings. The third kappa shape index (κ3) is 5.70. The molecule has 0 fully saturated rings. The van der Waals surface area contributed by atoms with Gasteiger partial charge in [-0.3, -0.25) is 9.59 Å². The van der Waals surface area contributed by atoms with E-state index in [4.69, 9.17) is 5.11 Å². The van der Waals surface area contributed by atoms with Crippen LogP contribution in [0.25, 0.3) is 0 Å². The quantitative estimate of drug-likeness (QED) is 0.598. The molecule has 0 aromatic heterocycles. The third-order valence-corrected chi connectivity index (χ3v) is 2.53. The van der Waals surface area contributed by atoms with Crippen molar-refractivity contribution in [1.82, 2.24) is 10.6 Å². The maximum atomic E-state index is 11.5. The molecule has 0 aromatic carbocycles. The first-order chi connectivity index (χ1) is 7.29. The van der Waals surface area contributed by atoms with Crippen LogP contribution in [0.4, 0.5) is 0 Å². The van der Waals surface area contributed by atoms with Crippen LogP contribution in [0.15, 0.2) is 0 Å². The summed E-state index contributed by atoms with van der Waals surface area (Å²) < 4.78 is 0. The van der Waals surface area contributed by atoms with E-state index in [-0.39, 0.29) is 18.4 Å². The number of amides is 1. The molecule has 5 nitrogen and oxygen atoms in total. The minimum absolute atomic E-state index is 0.0227. The number of carboxylic acids is 1. The van der Waals surface area contributed by atoms with Gasteiger partial charge in [-0.1, -0.05) is 0 Å². The normalized spacial score (nSPS) is 13.2. The van der Waals surface area contributed by atoms with Crippen molar-refractivity contribution in [2.24, 2.45) is 5.41 Å². The highest BCUT2D eigenvalue weighted by molar-refractivity contribution is 5.81. The van der Waals surface area contributed by atoms with Crippen LogP contribution in [0.3, 0.4) is 0 Å². The fraction of sp³-hybridized carbons (Fsp3) is 0.818.